The van der Waals surface area contributed by atoms with Crippen molar-refractivity contribution in [2.24, 2.45) is 5.92 Å². The molecule has 1 rings (SSSR count). The molecular weight excluding hydrogens is 232 g/mol. The standard InChI is InChI=1S/C13H24N2O3/c1-13(2,8-12(17)18)15-11(16)6-5-10-4-3-7-14-9-10/h10,14H,3-9H2,1-2H3,(H,15,16)(H,17,18). The number of hydrogen-bond acceptors (Lipinski definition) is 3. The molecule has 1 amide bonds. The third-order valence-electron chi connectivity index (χ3n) is 3.25. The van der Waals surface area contributed by atoms with E-state index in [1.165, 1.54) is 12.8 Å². The second-order valence-electron chi connectivity index (χ2n) is 5.75. The Morgan fingerprint density at radius 1 is 1.44 bits per heavy atom. The average Bonchev–Trinajstić information content (AvgIpc) is 2.25. The summed E-state index contributed by atoms with van der Waals surface area (Å²) in [5.74, 6) is -0.365. The first kappa shape index (κ1) is 15.0. The zero-order valence-corrected chi connectivity index (χ0v) is 11.3. The van der Waals surface area contributed by atoms with E-state index < -0.39 is 11.5 Å². The SMILES string of the molecule is CC(C)(CC(=O)O)NC(=O)CCC1CCCNC1. The van der Waals surface area contributed by atoms with Gasteiger partial charge >= 0.3 is 5.97 Å². The number of carboxylic acids is 1. The molecule has 1 aliphatic rings. The van der Waals surface area contributed by atoms with Gasteiger partial charge < -0.3 is 15.7 Å². The Bertz CT molecular complexity index is 297. The molecule has 0 aromatic heterocycles. The first-order valence-electron chi connectivity index (χ1n) is 6.62. The van der Waals surface area contributed by atoms with Gasteiger partial charge in [0.1, 0.15) is 0 Å². The first-order valence-corrected chi connectivity index (χ1v) is 6.62. The van der Waals surface area contributed by atoms with Crippen LogP contribution in [0.5, 0.6) is 0 Å². The van der Waals surface area contributed by atoms with Gasteiger partial charge in [-0.2, -0.15) is 0 Å². The number of carbonyl (C=O) groups excluding carboxylic acids is 1. The summed E-state index contributed by atoms with van der Waals surface area (Å²) in [5.41, 5.74) is -0.673. The number of carbonyl (C=O) groups is 2. The van der Waals surface area contributed by atoms with E-state index in [0.29, 0.717) is 12.3 Å². The van der Waals surface area contributed by atoms with Gasteiger partial charge in [-0.25, -0.2) is 0 Å². The molecule has 0 radical (unpaired) electrons. The van der Waals surface area contributed by atoms with Crippen LogP contribution in [0, 0.1) is 5.92 Å². The Morgan fingerprint density at radius 2 is 2.17 bits per heavy atom. The van der Waals surface area contributed by atoms with Crippen LogP contribution in [-0.2, 0) is 9.59 Å². The third kappa shape index (κ3) is 6.00. The number of amides is 1. The smallest absolute Gasteiger partial charge is 0.305 e. The minimum atomic E-state index is -0.892. The average molecular weight is 256 g/mol. The Kier molecular flexibility index (Phi) is 5.59. The largest absolute Gasteiger partial charge is 0.481 e. The minimum absolute atomic E-state index is 0.0492. The Hall–Kier alpha value is -1.10. The fraction of sp³-hybridized carbons (Fsp3) is 0.846. The summed E-state index contributed by atoms with van der Waals surface area (Å²) in [6.45, 7) is 5.54. The van der Waals surface area contributed by atoms with E-state index in [0.717, 1.165) is 19.5 Å². The fourth-order valence-electron chi connectivity index (χ4n) is 2.37. The molecular formula is C13H24N2O3. The highest BCUT2D eigenvalue weighted by molar-refractivity contribution is 5.78. The summed E-state index contributed by atoms with van der Waals surface area (Å²) in [7, 11) is 0. The quantitative estimate of drug-likeness (QED) is 0.666. The lowest BCUT2D eigenvalue weighted by Gasteiger charge is -2.26. The molecule has 1 fully saturated rings. The summed E-state index contributed by atoms with van der Waals surface area (Å²) >= 11 is 0. The molecule has 0 aliphatic carbocycles. The molecule has 3 N–H and O–H groups in total. The summed E-state index contributed by atoms with van der Waals surface area (Å²) in [5, 5.41) is 14.8. The molecule has 1 unspecified atom stereocenters. The van der Waals surface area contributed by atoms with Crippen LogP contribution in [0.2, 0.25) is 0 Å². The normalized spacial score (nSPS) is 20.4. The molecule has 1 aliphatic heterocycles. The molecule has 1 saturated heterocycles. The summed E-state index contributed by atoms with van der Waals surface area (Å²) < 4.78 is 0. The van der Waals surface area contributed by atoms with E-state index >= 15 is 0 Å². The van der Waals surface area contributed by atoms with Crippen molar-refractivity contribution < 1.29 is 14.7 Å². The van der Waals surface area contributed by atoms with Gasteiger partial charge in [-0.05, 0) is 52.1 Å². The van der Waals surface area contributed by atoms with Gasteiger partial charge in [-0.15, -0.1) is 0 Å². The fourth-order valence-corrected chi connectivity index (χ4v) is 2.37. The van der Waals surface area contributed by atoms with E-state index in [4.69, 9.17) is 5.11 Å². The molecule has 0 aromatic carbocycles. The van der Waals surface area contributed by atoms with Crippen LogP contribution in [0.25, 0.3) is 0 Å². The number of nitrogens with one attached hydrogen (secondary N) is 2. The van der Waals surface area contributed by atoms with Crippen LogP contribution in [0.15, 0.2) is 0 Å². The van der Waals surface area contributed by atoms with Gasteiger partial charge in [0.15, 0.2) is 0 Å². The second kappa shape index (κ2) is 6.73. The van der Waals surface area contributed by atoms with Crippen LogP contribution in [-0.4, -0.2) is 35.6 Å². The lowest BCUT2D eigenvalue weighted by Crippen LogP contribution is -2.45. The van der Waals surface area contributed by atoms with Crippen LogP contribution < -0.4 is 10.6 Å². The van der Waals surface area contributed by atoms with Crippen LogP contribution in [0.4, 0.5) is 0 Å². The molecule has 5 heteroatoms. The van der Waals surface area contributed by atoms with Gasteiger partial charge in [0.25, 0.3) is 0 Å². The Labute approximate surface area is 108 Å². The molecule has 104 valence electrons. The van der Waals surface area contributed by atoms with Gasteiger partial charge in [0.2, 0.25) is 5.91 Å². The molecule has 0 aromatic rings. The lowest BCUT2D eigenvalue weighted by atomic mass is 9.94. The predicted molar refractivity (Wildman–Crippen MR) is 69.3 cm³/mol. The summed E-state index contributed by atoms with van der Waals surface area (Å²) in [6, 6.07) is 0. The number of rotatable bonds is 6. The molecule has 0 bridgehead atoms. The lowest BCUT2D eigenvalue weighted by molar-refractivity contribution is -0.138. The second-order valence-corrected chi connectivity index (χ2v) is 5.75. The predicted octanol–water partition coefficient (Wildman–Crippen LogP) is 1.14. The van der Waals surface area contributed by atoms with Crippen molar-refractivity contribution in [2.45, 2.75) is 51.5 Å². The number of piperidine rings is 1. The van der Waals surface area contributed by atoms with Crippen LogP contribution >= 0.6 is 0 Å². The third-order valence-corrected chi connectivity index (χ3v) is 3.25. The van der Waals surface area contributed by atoms with Crippen molar-refractivity contribution >= 4 is 11.9 Å². The van der Waals surface area contributed by atoms with Gasteiger partial charge in [-0.3, -0.25) is 9.59 Å². The highest BCUT2D eigenvalue weighted by Crippen LogP contribution is 2.16. The van der Waals surface area contributed by atoms with Crippen molar-refractivity contribution in [1.82, 2.24) is 10.6 Å². The maximum absolute atomic E-state index is 11.8. The number of aliphatic carboxylic acids is 1. The van der Waals surface area contributed by atoms with E-state index in [-0.39, 0.29) is 12.3 Å². The zero-order chi connectivity index (χ0) is 13.6. The summed E-state index contributed by atoms with van der Waals surface area (Å²) in [6.07, 6.45) is 3.66. The molecule has 0 saturated carbocycles. The van der Waals surface area contributed by atoms with Crippen molar-refractivity contribution in [1.29, 1.82) is 0 Å². The molecule has 0 spiro atoms. The zero-order valence-electron chi connectivity index (χ0n) is 11.3. The van der Waals surface area contributed by atoms with Crippen molar-refractivity contribution in [2.75, 3.05) is 13.1 Å². The van der Waals surface area contributed by atoms with Crippen molar-refractivity contribution in [3.8, 4) is 0 Å². The highest BCUT2D eigenvalue weighted by atomic mass is 16.4. The number of carboxylic acid groups (broad SMARTS) is 1. The van der Waals surface area contributed by atoms with Crippen molar-refractivity contribution in [3.05, 3.63) is 0 Å². The van der Waals surface area contributed by atoms with Crippen molar-refractivity contribution in [3.63, 3.8) is 0 Å². The maximum Gasteiger partial charge on any atom is 0.305 e. The van der Waals surface area contributed by atoms with Gasteiger partial charge in [0.05, 0.1) is 6.42 Å². The van der Waals surface area contributed by atoms with Gasteiger partial charge in [-0.1, -0.05) is 0 Å². The van der Waals surface area contributed by atoms with Gasteiger partial charge in [0, 0.05) is 12.0 Å². The molecule has 1 atom stereocenters. The molecule has 5 nitrogen and oxygen atoms in total. The van der Waals surface area contributed by atoms with E-state index in [1.54, 1.807) is 13.8 Å². The molecule has 18 heavy (non-hydrogen) atoms. The maximum atomic E-state index is 11.8. The monoisotopic (exact) mass is 256 g/mol. The minimum Gasteiger partial charge on any atom is -0.481 e. The summed E-state index contributed by atoms with van der Waals surface area (Å²) in [4.78, 5) is 22.4. The van der Waals surface area contributed by atoms with E-state index in [1.807, 2.05) is 0 Å². The van der Waals surface area contributed by atoms with E-state index in [2.05, 4.69) is 10.6 Å². The highest BCUT2D eigenvalue weighted by Gasteiger charge is 2.24. The van der Waals surface area contributed by atoms with Crippen LogP contribution in [0.3, 0.4) is 0 Å². The molecule has 1 heterocycles. The number of hydrogen-bond donors (Lipinski definition) is 3. The first-order chi connectivity index (χ1) is 8.39. The topological polar surface area (TPSA) is 78.4 Å². The van der Waals surface area contributed by atoms with Crippen LogP contribution in [0.1, 0.15) is 46.0 Å². The Morgan fingerprint density at radius 3 is 2.72 bits per heavy atom. The Balaban J connectivity index is 2.25. The van der Waals surface area contributed by atoms with E-state index in [9.17, 15) is 9.59 Å².